The second-order valence-electron chi connectivity index (χ2n) is 9.81. The van der Waals surface area contributed by atoms with Gasteiger partial charge in [0, 0.05) is 37.8 Å². The van der Waals surface area contributed by atoms with E-state index < -0.39 is 31.8 Å². The highest BCUT2D eigenvalue weighted by Gasteiger charge is 2.45. The third-order valence-electron chi connectivity index (χ3n) is 7.18. The lowest BCUT2D eigenvalue weighted by Gasteiger charge is -2.38. The molecule has 216 valence electrons. The van der Waals surface area contributed by atoms with Gasteiger partial charge in [0.25, 0.3) is 0 Å². The second-order valence-corrected chi connectivity index (χ2v) is 13.6. The van der Waals surface area contributed by atoms with Crippen molar-refractivity contribution in [1.82, 2.24) is 19.3 Å². The molecule has 0 saturated carbocycles. The lowest BCUT2D eigenvalue weighted by molar-refractivity contribution is -0.0312. The van der Waals surface area contributed by atoms with Crippen LogP contribution in [-0.2, 0) is 24.8 Å². The van der Waals surface area contributed by atoms with E-state index >= 15 is 0 Å². The van der Waals surface area contributed by atoms with E-state index in [4.69, 9.17) is 14.2 Å². The number of ether oxygens (including phenoxy) is 3. The maximum absolute atomic E-state index is 13.3. The Morgan fingerprint density at radius 1 is 1.21 bits per heavy atom. The van der Waals surface area contributed by atoms with Gasteiger partial charge in [0.15, 0.2) is 0 Å². The largest absolute Gasteiger partial charge is 0.495 e. The Hall–Kier alpha value is -2.33. The van der Waals surface area contributed by atoms with Crippen molar-refractivity contribution in [3.05, 3.63) is 42.2 Å². The van der Waals surface area contributed by atoms with Crippen LogP contribution in [0.3, 0.4) is 0 Å². The molecule has 39 heavy (non-hydrogen) atoms. The van der Waals surface area contributed by atoms with Crippen molar-refractivity contribution < 1.29 is 36.2 Å². The molecule has 2 aromatic rings. The van der Waals surface area contributed by atoms with Crippen LogP contribution in [0, 0.1) is 6.92 Å². The topological polar surface area (TPSA) is 156 Å². The maximum Gasteiger partial charge on any atom is 0.245 e. The molecule has 1 spiro atoms. The quantitative estimate of drug-likeness (QED) is 0.343. The molecule has 0 radical (unpaired) electrons. The number of sulfonamides is 2. The molecule has 2 atom stereocenters. The Morgan fingerprint density at radius 2 is 1.95 bits per heavy atom. The molecule has 14 heteroatoms. The highest BCUT2D eigenvalue weighted by Crippen LogP contribution is 2.37. The third-order valence-corrected chi connectivity index (χ3v) is 10.6. The number of hydrogen-bond acceptors (Lipinski definition) is 10. The molecule has 1 aromatic heterocycles. The summed E-state index contributed by atoms with van der Waals surface area (Å²) in [6, 6.07) is 7.58. The predicted octanol–water partition coefficient (Wildman–Crippen LogP) is 0.648. The fourth-order valence-corrected chi connectivity index (χ4v) is 7.27. The number of aromatic nitrogens is 1. The first kappa shape index (κ1) is 29.6. The van der Waals surface area contributed by atoms with Crippen molar-refractivity contribution in [1.29, 1.82) is 0 Å². The SMILES string of the molecule is CNS(=O)(=O)c1cccc(OCC(O)CNC2COC3(CCN(S(=O)(=O)c4cc(OC)cnc4C)CC3)C2)c1. The summed E-state index contributed by atoms with van der Waals surface area (Å²) in [6.45, 7) is 3.05. The number of hydrogen-bond donors (Lipinski definition) is 3. The number of aliphatic hydroxyl groups excluding tert-OH is 1. The van der Waals surface area contributed by atoms with E-state index in [0.717, 1.165) is 0 Å². The van der Waals surface area contributed by atoms with Crippen LogP contribution in [0.25, 0.3) is 0 Å². The zero-order chi connectivity index (χ0) is 28.3. The fourth-order valence-electron chi connectivity index (χ4n) is 4.87. The lowest BCUT2D eigenvalue weighted by atomic mass is 9.88. The van der Waals surface area contributed by atoms with E-state index in [1.54, 1.807) is 19.1 Å². The first-order valence-electron chi connectivity index (χ1n) is 12.7. The highest BCUT2D eigenvalue weighted by molar-refractivity contribution is 7.89. The van der Waals surface area contributed by atoms with Crippen molar-refractivity contribution in [3.8, 4) is 11.5 Å². The minimum atomic E-state index is -3.71. The summed E-state index contributed by atoms with van der Waals surface area (Å²) in [5, 5.41) is 13.7. The summed E-state index contributed by atoms with van der Waals surface area (Å²) in [6.07, 6.45) is 2.52. The van der Waals surface area contributed by atoms with Crippen molar-refractivity contribution >= 4 is 20.0 Å². The number of aryl methyl sites for hydroxylation is 1. The summed E-state index contributed by atoms with van der Waals surface area (Å²) in [5.41, 5.74) is 0.0159. The number of nitrogens with one attached hydrogen (secondary N) is 2. The van der Waals surface area contributed by atoms with Crippen LogP contribution >= 0.6 is 0 Å². The average Bonchev–Trinajstić information content (AvgIpc) is 3.33. The van der Waals surface area contributed by atoms with E-state index in [0.29, 0.717) is 56.2 Å². The van der Waals surface area contributed by atoms with E-state index in [2.05, 4.69) is 15.0 Å². The van der Waals surface area contributed by atoms with Crippen molar-refractivity contribution in [3.63, 3.8) is 0 Å². The Balaban J connectivity index is 1.25. The van der Waals surface area contributed by atoms with Gasteiger partial charge in [-0.25, -0.2) is 21.6 Å². The molecule has 0 amide bonds. The number of piperidine rings is 1. The summed E-state index contributed by atoms with van der Waals surface area (Å²) in [4.78, 5) is 4.38. The van der Waals surface area contributed by atoms with Gasteiger partial charge in [-0.3, -0.25) is 4.98 Å². The monoisotopic (exact) mass is 584 g/mol. The number of nitrogens with zero attached hydrogens (tertiary/aromatic N) is 2. The molecule has 3 N–H and O–H groups in total. The molecule has 2 aliphatic rings. The second kappa shape index (κ2) is 12.0. The number of methoxy groups -OCH3 is 1. The smallest absolute Gasteiger partial charge is 0.245 e. The van der Waals surface area contributed by atoms with Crippen LogP contribution < -0.4 is 19.5 Å². The van der Waals surface area contributed by atoms with Gasteiger partial charge in [0.2, 0.25) is 20.0 Å². The van der Waals surface area contributed by atoms with E-state index in [-0.39, 0.29) is 29.0 Å². The predicted molar refractivity (Wildman–Crippen MR) is 143 cm³/mol. The van der Waals surface area contributed by atoms with Crippen LogP contribution in [0.2, 0.25) is 0 Å². The van der Waals surface area contributed by atoms with Gasteiger partial charge in [-0.05, 0) is 45.4 Å². The van der Waals surface area contributed by atoms with Gasteiger partial charge in [-0.1, -0.05) is 6.07 Å². The van der Waals surface area contributed by atoms with Crippen molar-refractivity contribution in [2.45, 2.75) is 53.7 Å². The number of pyridine rings is 1. The molecule has 2 aliphatic heterocycles. The Morgan fingerprint density at radius 3 is 2.64 bits per heavy atom. The lowest BCUT2D eigenvalue weighted by Crippen LogP contribution is -2.47. The first-order valence-corrected chi connectivity index (χ1v) is 15.6. The molecule has 2 saturated heterocycles. The normalized spacial score (nSPS) is 20.7. The van der Waals surface area contributed by atoms with Gasteiger partial charge in [-0.2, -0.15) is 4.31 Å². The molecule has 4 rings (SSSR count). The van der Waals surface area contributed by atoms with E-state index in [1.165, 1.54) is 42.9 Å². The fraction of sp³-hybridized carbons (Fsp3) is 0.560. The van der Waals surface area contributed by atoms with Gasteiger partial charge in [0.1, 0.15) is 29.1 Å². The minimum Gasteiger partial charge on any atom is -0.495 e. The van der Waals surface area contributed by atoms with Crippen LogP contribution in [0.4, 0.5) is 0 Å². The molecule has 12 nitrogen and oxygen atoms in total. The van der Waals surface area contributed by atoms with E-state index in [1.807, 2.05) is 0 Å². The molecule has 2 fully saturated rings. The summed E-state index contributed by atoms with van der Waals surface area (Å²) in [7, 11) is -4.49. The van der Waals surface area contributed by atoms with Gasteiger partial charge in [0.05, 0.1) is 36.1 Å². The van der Waals surface area contributed by atoms with Crippen LogP contribution in [0.5, 0.6) is 11.5 Å². The average molecular weight is 585 g/mol. The zero-order valence-corrected chi connectivity index (χ0v) is 23.9. The van der Waals surface area contributed by atoms with Crippen molar-refractivity contribution in [2.24, 2.45) is 0 Å². The molecular formula is C25H36N4O8S2. The number of rotatable bonds is 11. The molecule has 0 aliphatic carbocycles. The van der Waals surface area contributed by atoms with Crippen molar-refractivity contribution in [2.75, 3.05) is 47.0 Å². The van der Waals surface area contributed by atoms with E-state index in [9.17, 15) is 21.9 Å². The molecule has 1 aromatic carbocycles. The summed E-state index contributed by atoms with van der Waals surface area (Å²) < 4.78 is 71.1. The van der Waals surface area contributed by atoms with Crippen LogP contribution in [-0.4, -0.2) is 96.0 Å². The van der Waals surface area contributed by atoms with Gasteiger partial charge < -0.3 is 24.6 Å². The standard InChI is InChI=1S/C25H36N4O8S2/c1-18-24(12-22(35-3)15-27-18)39(33,34)29-9-7-25(8-10-29)13-19(16-37-25)28-14-20(30)17-36-21-5-4-6-23(11-21)38(31,32)26-2/h4-6,11-12,15,19-20,26,28,30H,7-10,13-14,16-17H2,1-3H3. The molecule has 3 heterocycles. The van der Waals surface area contributed by atoms with Gasteiger partial charge >= 0.3 is 0 Å². The molecule has 0 bridgehead atoms. The number of aliphatic hydroxyl groups is 1. The third kappa shape index (κ3) is 6.88. The van der Waals surface area contributed by atoms with Crippen LogP contribution in [0.1, 0.15) is 25.0 Å². The summed E-state index contributed by atoms with van der Waals surface area (Å²) in [5.74, 6) is 0.735. The maximum atomic E-state index is 13.3. The highest BCUT2D eigenvalue weighted by atomic mass is 32.2. The zero-order valence-electron chi connectivity index (χ0n) is 22.3. The Bertz CT molecular complexity index is 1360. The van der Waals surface area contributed by atoms with Gasteiger partial charge in [-0.15, -0.1) is 0 Å². The molecular weight excluding hydrogens is 548 g/mol. The van der Waals surface area contributed by atoms with Crippen LogP contribution in [0.15, 0.2) is 46.3 Å². The summed E-state index contributed by atoms with van der Waals surface area (Å²) >= 11 is 0. The Labute approximate surface area is 229 Å². The molecule has 2 unspecified atom stereocenters. The Kier molecular flexibility index (Phi) is 9.15. The first-order chi connectivity index (χ1) is 18.5. The minimum absolute atomic E-state index is 0.0109. The number of benzene rings is 1.